The van der Waals surface area contributed by atoms with Gasteiger partial charge in [-0.05, 0) is 37.1 Å². The molecule has 1 heterocycles. The Hall–Kier alpha value is -3.06. The number of hydrogen-bond donors (Lipinski definition) is 2. The van der Waals surface area contributed by atoms with E-state index in [1.54, 1.807) is 24.3 Å². The monoisotopic (exact) mass is 394 g/mol. The predicted molar refractivity (Wildman–Crippen MR) is 111 cm³/mol. The van der Waals surface area contributed by atoms with Gasteiger partial charge in [-0.2, -0.15) is 0 Å². The SMILES string of the molecule is CCCc1nnc(C(=O)Nc2cccc(C(=O)NCc3ccc(C)cc3)c2)s1. The number of carbonyl (C=O) groups is 2. The van der Waals surface area contributed by atoms with E-state index in [1.165, 1.54) is 16.9 Å². The first kappa shape index (κ1) is 19.7. The number of nitrogens with zero attached hydrogens (tertiary/aromatic N) is 2. The lowest BCUT2D eigenvalue weighted by Crippen LogP contribution is -2.23. The standard InChI is InChI=1S/C21H22N4O2S/c1-3-5-18-24-25-21(28-18)20(27)23-17-7-4-6-16(12-17)19(26)22-13-15-10-8-14(2)9-11-15/h4,6-12H,3,5,13H2,1-2H3,(H,22,26)(H,23,27). The zero-order valence-corrected chi connectivity index (χ0v) is 16.7. The van der Waals surface area contributed by atoms with Crippen LogP contribution in [0.25, 0.3) is 0 Å². The summed E-state index contributed by atoms with van der Waals surface area (Å²) in [7, 11) is 0. The van der Waals surface area contributed by atoms with Crippen molar-refractivity contribution in [3.05, 3.63) is 75.2 Å². The van der Waals surface area contributed by atoms with Crippen LogP contribution in [0.5, 0.6) is 0 Å². The third-order valence-corrected chi connectivity index (χ3v) is 5.06. The molecule has 2 aromatic carbocycles. The third kappa shape index (κ3) is 5.23. The predicted octanol–water partition coefficient (Wildman–Crippen LogP) is 3.98. The number of anilines is 1. The molecule has 0 aliphatic heterocycles. The second kappa shape index (κ2) is 9.23. The lowest BCUT2D eigenvalue weighted by atomic mass is 10.1. The van der Waals surface area contributed by atoms with Gasteiger partial charge in [0.1, 0.15) is 5.01 Å². The van der Waals surface area contributed by atoms with Crippen LogP contribution in [0, 0.1) is 6.92 Å². The lowest BCUT2D eigenvalue weighted by molar-refractivity contribution is 0.0949. The normalized spacial score (nSPS) is 10.5. The van der Waals surface area contributed by atoms with Crippen LogP contribution in [0.1, 0.15) is 49.6 Å². The zero-order chi connectivity index (χ0) is 19.9. The molecule has 0 radical (unpaired) electrons. The molecule has 0 unspecified atom stereocenters. The van der Waals surface area contributed by atoms with Crippen molar-refractivity contribution < 1.29 is 9.59 Å². The number of aryl methyl sites for hydroxylation is 2. The van der Waals surface area contributed by atoms with E-state index in [2.05, 4.69) is 27.8 Å². The first-order valence-electron chi connectivity index (χ1n) is 9.12. The topological polar surface area (TPSA) is 84.0 Å². The van der Waals surface area contributed by atoms with E-state index in [-0.39, 0.29) is 11.8 Å². The van der Waals surface area contributed by atoms with E-state index in [1.807, 2.05) is 31.2 Å². The Balaban J connectivity index is 1.61. The van der Waals surface area contributed by atoms with Gasteiger partial charge in [0.25, 0.3) is 11.8 Å². The summed E-state index contributed by atoms with van der Waals surface area (Å²) in [5, 5.41) is 14.8. The highest BCUT2D eigenvalue weighted by Crippen LogP contribution is 2.16. The maximum absolute atomic E-state index is 12.4. The molecule has 0 saturated heterocycles. The van der Waals surface area contributed by atoms with E-state index < -0.39 is 0 Å². The summed E-state index contributed by atoms with van der Waals surface area (Å²) in [6, 6.07) is 14.8. The van der Waals surface area contributed by atoms with Crippen molar-refractivity contribution in [2.24, 2.45) is 0 Å². The van der Waals surface area contributed by atoms with Crippen LogP contribution in [0.2, 0.25) is 0 Å². The highest BCUT2D eigenvalue weighted by atomic mass is 32.1. The highest BCUT2D eigenvalue weighted by Gasteiger charge is 2.14. The van der Waals surface area contributed by atoms with Crippen LogP contribution in [0.4, 0.5) is 5.69 Å². The first-order chi connectivity index (χ1) is 13.5. The fourth-order valence-electron chi connectivity index (χ4n) is 2.57. The van der Waals surface area contributed by atoms with Crippen LogP contribution in [0.15, 0.2) is 48.5 Å². The molecule has 0 saturated carbocycles. The summed E-state index contributed by atoms with van der Waals surface area (Å²) in [6.07, 6.45) is 1.76. The maximum Gasteiger partial charge on any atom is 0.286 e. The van der Waals surface area contributed by atoms with Crippen molar-refractivity contribution in [3.63, 3.8) is 0 Å². The molecule has 7 heteroatoms. The van der Waals surface area contributed by atoms with Crippen molar-refractivity contribution in [2.75, 3.05) is 5.32 Å². The smallest absolute Gasteiger partial charge is 0.286 e. The Morgan fingerprint density at radius 2 is 1.82 bits per heavy atom. The lowest BCUT2D eigenvalue weighted by Gasteiger charge is -2.08. The molecule has 0 atom stereocenters. The number of rotatable bonds is 7. The zero-order valence-electron chi connectivity index (χ0n) is 15.9. The summed E-state index contributed by atoms with van der Waals surface area (Å²) in [6.45, 7) is 4.52. The third-order valence-electron chi connectivity index (χ3n) is 4.08. The Morgan fingerprint density at radius 3 is 2.57 bits per heavy atom. The minimum atomic E-state index is -0.322. The Labute approximate surface area is 168 Å². The molecular formula is C21H22N4O2S. The Morgan fingerprint density at radius 1 is 1.04 bits per heavy atom. The van der Waals surface area contributed by atoms with Gasteiger partial charge in [-0.3, -0.25) is 9.59 Å². The number of benzene rings is 2. The molecule has 2 amide bonds. The quantitative estimate of drug-likeness (QED) is 0.635. The van der Waals surface area contributed by atoms with Crippen molar-refractivity contribution in [2.45, 2.75) is 33.2 Å². The van der Waals surface area contributed by atoms with Gasteiger partial charge < -0.3 is 10.6 Å². The van der Waals surface area contributed by atoms with E-state index in [4.69, 9.17) is 0 Å². The molecule has 6 nitrogen and oxygen atoms in total. The first-order valence-corrected chi connectivity index (χ1v) is 9.94. The van der Waals surface area contributed by atoms with Crippen LogP contribution < -0.4 is 10.6 Å². The molecular weight excluding hydrogens is 372 g/mol. The van der Waals surface area contributed by atoms with E-state index >= 15 is 0 Å². The minimum absolute atomic E-state index is 0.196. The molecule has 0 bridgehead atoms. The van der Waals surface area contributed by atoms with Crippen molar-refractivity contribution in [3.8, 4) is 0 Å². The van der Waals surface area contributed by atoms with E-state index in [0.29, 0.717) is 22.8 Å². The maximum atomic E-state index is 12.4. The minimum Gasteiger partial charge on any atom is -0.348 e. The van der Waals surface area contributed by atoms with Gasteiger partial charge in [-0.25, -0.2) is 0 Å². The summed E-state index contributed by atoms with van der Waals surface area (Å²) < 4.78 is 0. The van der Waals surface area contributed by atoms with Gasteiger partial charge in [0.15, 0.2) is 0 Å². The average Bonchev–Trinajstić information content (AvgIpc) is 3.17. The molecule has 0 aliphatic carbocycles. The van der Waals surface area contributed by atoms with Gasteiger partial charge in [-0.1, -0.05) is 54.2 Å². The van der Waals surface area contributed by atoms with E-state index in [9.17, 15) is 9.59 Å². The Kier molecular flexibility index (Phi) is 6.49. The molecule has 0 fully saturated rings. The van der Waals surface area contributed by atoms with Gasteiger partial charge in [0, 0.05) is 24.2 Å². The fraction of sp³-hybridized carbons (Fsp3) is 0.238. The number of aromatic nitrogens is 2. The Bertz CT molecular complexity index is 967. The van der Waals surface area contributed by atoms with Crippen LogP contribution in [0.3, 0.4) is 0 Å². The largest absolute Gasteiger partial charge is 0.348 e. The molecule has 2 N–H and O–H groups in total. The second-order valence-corrected chi connectivity index (χ2v) is 7.52. The van der Waals surface area contributed by atoms with Crippen molar-refractivity contribution in [1.82, 2.24) is 15.5 Å². The van der Waals surface area contributed by atoms with Crippen molar-refractivity contribution in [1.29, 1.82) is 0 Å². The average molecular weight is 395 g/mol. The highest BCUT2D eigenvalue weighted by molar-refractivity contribution is 7.13. The fourth-order valence-corrected chi connectivity index (χ4v) is 3.41. The molecule has 0 aliphatic rings. The van der Waals surface area contributed by atoms with Gasteiger partial charge >= 0.3 is 0 Å². The molecule has 0 spiro atoms. The number of hydrogen-bond acceptors (Lipinski definition) is 5. The summed E-state index contributed by atoms with van der Waals surface area (Å²) >= 11 is 1.29. The van der Waals surface area contributed by atoms with Crippen LogP contribution in [-0.4, -0.2) is 22.0 Å². The van der Waals surface area contributed by atoms with E-state index in [0.717, 1.165) is 23.4 Å². The molecule has 28 heavy (non-hydrogen) atoms. The summed E-state index contributed by atoms with van der Waals surface area (Å²) in [5.74, 6) is -0.519. The molecule has 144 valence electrons. The van der Waals surface area contributed by atoms with Gasteiger partial charge in [0.2, 0.25) is 5.01 Å². The molecule has 1 aromatic heterocycles. The summed E-state index contributed by atoms with van der Waals surface area (Å²) in [5.41, 5.74) is 3.23. The summed E-state index contributed by atoms with van der Waals surface area (Å²) in [4.78, 5) is 24.8. The van der Waals surface area contributed by atoms with Gasteiger partial charge in [-0.15, -0.1) is 10.2 Å². The van der Waals surface area contributed by atoms with Crippen molar-refractivity contribution >= 4 is 28.8 Å². The second-order valence-electron chi connectivity index (χ2n) is 6.45. The number of nitrogens with one attached hydrogen (secondary N) is 2. The number of carbonyl (C=O) groups excluding carboxylic acids is 2. The number of amides is 2. The van der Waals surface area contributed by atoms with Crippen LogP contribution >= 0.6 is 11.3 Å². The molecule has 3 aromatic rings. The molecule has 3 rings (SSSR count). The van der Waals surface area contributed by atoms with Crippen LogP contribution in [-0.2, 0) is 13.0 Å². The van der Waals surface area contributed by atoms with Gasteiger partial charge in [0.05, 0.1) is 0 Å².